The number of alkyl halides is 3. The van der Waals surface area contributed by atoms with E-state index < -0.39 is 21.9 Å². The molecule has 0 aliphatic carbocycles. The largest absolute Gasteiger partial charge is 0.744 e. The van der Waals surface area contributed by atoms with Gasteiger partial charge in [0.1, 0.15) is 10.1 Å². The SMILES string of the molecule is CC(C)c1c(-c2ccc3cccnc3c2)nc[nH+]c1Nc1ccc(C(F)(F)F)cn1.O=S(=O)([O-])c1ccccc1. The molecule has 0 aliphatic rings. The Morgan fingerprint density at radius 1 is 0.925 bits per heavy atom. The number of nitrogens with one attached hydrogen (secondary N) is 2. The van der Waals surface area contributed by atoms with E-state index in [2.05, 4.69) is 25.3 Å². The summed E-state index contributed by atoms with van der Waals surface area (Å²) in [5, 5.41) is 4.12. The lowest BCUT2D eigenvalue weighted by Gasteiger charge is -2.13. The van der Waals surface area contributed by atoms with E-state index in [1.807, 2.05) is 44.2 Å². The minimum absolute atomic E-state index is 0.0846. The van der Waals surface area contributed by atoms with Crippen LogP contribution in [0.3, 0.4) is 0 Å². The van der Waals surface area contributed by atoms with Gasteiger partial charge in [-0.1, -0.05) is 50.2 Å². The van der Waals surface area contributed by atoms with E-state index in [1.54, 1.807) is 18.6 Å². The summed E-state index contributed by atoms with van der Waals surface area (Å²) in [5.41, 5.74) is 2.64. The zero-order valence-electron chi connectivity index (χ0n) is 21.3. The molecule has 0 radical (unpaired) electrons. The fourth-order valence-corrected chi connectivity index (χ4v) is 4.38. The maximum atomic E-state index is 12.8. The van der Waals surface area contributed by atoms with Crippen molar-refractivity contribution in [1.29, 1.82) is 0 Å². The summed E-state index contributed by atoms with van der Waals surface area (Å²) in [4.78, 5) is 15.7. The maximum absolute atomic E-state index is 12.8. The number of aromatic nitrogens is 4. The standard InChI is InChI=1S/C22H18F3N5.C6H6O3S/c1-13(2)19-20(15-6-5-14-4-3-9-26-17(14)10-15)28-12-29-21(19)30-18-8-7-16(11-27-18)22(23,24)25;7-10(8,9)6-4-2-1-3-5-6/h3-13H,1-2H3,(H,27,28,29,30);1-5H,(H,7,8,9). The second-order valence-corrected chi connectivity index (χ2v) is 10.3. The third-order valence-corrected chi connectivity index (χ3v) is 6.61. The van der Waals surface area contributed by atoms with Crippen LogP contribution < -0.4 is 10.3 Å². The number of nitrogens with zero attached hydrogens (tertiary/aromatic N) is 3. The zero-order chi connectivity index (χ0) is 28.9. The van der Waals surface area contributed by atoms with E-state index in [1.165, 1.54) is 30.3 Å². The van der Waals surface area contributed by atoms with Crippen LogP contribution in [-0.2, 0) is 16.3 Å². The molecule has 0 saturated heterocycles. The average molecular weight is 568 g/mol. The van der Waals surface area contributed by atoms with Crippen LogP contribution >= 0.6 is 0 Å². The van der Waals surface area contributed by atoms with Crippen LogP contribution in [0.5, 0.6) is 0 Å². The summed E-state index contributed by atoms with van der Waals surface area (Å²) in [6.07, 6.45) is -0.315. The molecule has 3 heterocycles. The van der Waals surface area contributed by atoms with Gasteiger partial charge in [0.2, 0.25) is 12.1 Å². The molecule has 0 bridgehead atoms. The van der Waals surface area contributed by atoms with Crippen molar-refractivity contribution in [2.24, 2.45) is 0 Å². The Hall–Kier alpha value is -4.42. The van der Waals surface area contributed by atoms with Crippen LogP contribution in [0.4, 0.5) is 24.8 Å². The van der Waals surface area contributed by atoms with Crippen molar-refractivity contribution in [2.75, 3.05) is 5.32 Å². The lowest BCUT2D eigenvalue weighted by molar-refractivity contribution is -0.366. The Balaban J connectivity index is 0.000000312. The molecule has 5 rings (SSSR count). The molecule has 5 aromatic rings. The quantitative estimate of drug-likeness (QED) is 0.259. The Morgan fingerprint density at radius 3 is 2.27 bits per heavy atom. The highest BCUT2D eigenvalue weighted by Gasteiger charge is 2.31. The topological polar surface area (TPSA) is 122 Å². The summed E-state index contributed by atoms with van der Waals surface area (Å²) in [6.45, 7) is 4.05. The molecule has 12 heteroatoms. The van der Waals surface area contributed by atoms with Gasteiger partial charge in [0.25, 0.3) is 0 Å². The van der Waals surface area contributed by atoms with Crippen molar-refractivity contribution in [3.8, 4) is 11.3 Å². The molecule has 0 unspecified atom stereocenters. The van der Waals surface area contributed by atoms with Gasteiger partial charge in [-0.3, -0.25) is 10.3 Å². The Labute approximate surface area is 228 Å². The van der Waals surface area contributed by atoms with Crippen molar-refractivity contribution in [1.82, 2.24) is 15.0 Å². The van der Waals surface area contributed by atoms with Crippen LogP contribution in [0, 0.1) is 0 Å². The highest BCUT2D eigenvalue weighted by molar-refractivity contribution is 7.85. The molecule has 206 valence electrons. The number of aromatic amines is 1. The molecule has 40 heavy (non-hydrogen) atoms. The number of benzene rings is 2. The fraction of sp³-hybridized carbons (Fsp3) is 0.143. The van der Waals surface area contributed by atoms with Gasteiger partial charge >= 0.3 is 6.18 Å². The lowest BCUT2D eigenvalue weighted by Crippen LogP contribution is -2.17. The van der Waals surface area contributed by atoms with Gasteiger partial charge in [-0.15, -0.1) is 4.98 Å². The molecule has 3 aromatic heterocycles. The summed E-state index contributed by atoms with van der Waals surface area (Å²) in [6, 6.07) is 19.3. The molecule has 0 spiro atoms. The first-order valence-electron chi connectivity index (χ1n) is 12.0. The summed E-state index contributed by atoms with van der Waals surface area (Å²) in [7, 11) is -4.25. The molecule has 0 aliphatic heterocycles. The van der Waals surface area contributed by atoms with E-state index in [-0.39, 0.29) is 10.8 Å². The van der Waals surface area contributed by atoms with Crippen molar-refractivity contribution < 1.29 is 31.1 Å². The average Bonchev–Trinajstić information content (AvgIpc) is 2.93. The van der Waals surface area contributed by atoms with E-state index >= 15 is 0 Å². The van der Waals surface area contributed by atoms with Gasteiger partial charge < -0.3 is 4.55 Å². The first-order valence-corrected chi connectivity index (χ1v) is 13.4. The van der Waals surface area contributed by atoms with Crippen LogP contribution in [0.25, 0.3) is 22.2 Å². The van der Waals surface area contributed by atoms with Crippen molar-refractivity contribution in [2.45, 2.75) is 30.8 Å². The van der Waals surface area contributed by atoms with Gasteiger partial charge in [-0.25, -0.2) is 18.4 Å². The van der Waals surface area contributed by atoms with Gasteiger partial charge in [-0.2, -0.15) is 13.2 Å². The van der Waals surface area contributed by atoms with Crippen LogP contribution in [0.1, 0.15) is 30.9 Å². The number of fused-ring (bicyclic) bond motifs is 1. The van der Waals surface area contributed by atoms with E-state index in [9.17, 15) is 26.1 Å². The molecule has 2 aromatic carbocycles. The Morgan fingerprint density at radius 2 is 1.68 bits per heavy atom. The van der Waals surface area contributed by atoms with Crippen LogP contribution in [0.2, 0.25) is 0 Å². The monoisotopic (exact) mass is 567 g/mol. The first kappa shape index (κ1) is 28.6. The molecule has 2 N–H and O–H groups in total. The molecule has 0 amide bonds. The fourth-order valence-electron chi connectivity index (χ4n) is 3.89. The lowest BCUT2D eigenvalue weighted by atomic mass is 9.96. The number of pyridine rings is 2. The van der Waals surface area contributed by atoms with Crippen LogP contribution in [-0.4, -0.2) is 27.9 Å². The number of rotatable bonds is 5. The van der Waals surface area contributed by atoms with Gasteiger partial charge in [0, 0.05) is 23.3 Å². The molecule has 0 atom stereocenters. The Kier molecular flexibility index (Phi) is 8.40. The minimum atomic E-state index is -4.42. The number of hydrogen-bond donors (Lipinski definition) is 1. The molecular weight excluding hydrogens is 543 g/mol. The van der Waals surface area contributed by atoms with Gasteiger partial charge in [0.15, 0.2) is 11.5 Å². The third kappa shape index (κ3) is 6.96. The highest BCUT2D eigenvalue weighted by Crippen LogP contribution is 2.33. The first-order chi connectivity index (χ1) is 18.9. The predicted octanol–water partition coefficient (Wildman–Crippen LogP) is 5.98. The summed E-state index contributed by atoms with van der Waals surface area (Å²) in [5.74, 6) is 1.02. The normalized spacial score (nSPS) is 11.7. The second-order valence-electron chi connectivity index (χ2n) is 8.93. The molecular formula is C28H24F3N5O3S. The Bertz CT molecular complexity index is 1710. The third-order valence-electron chi connectivity index (χ3n) is 5.76. The van der Waals surface area contributed by atoms with E-state index in [0.717, 1.165) is 40.0 Å². The van der Waals surface area contributed by atoms with Crippen molar-refractivity contribution >= 4 is 32.7 Å². The zero-order valence-corrected chi connectivity index (χ0v) is 22.2. The number of halogens is 3. The van der Waals surface area contributed by atoms with Gasteiger partial charge in [-0.05, 0) is 42.3 Å². The number of hydrogen-bond acceptors (Lipinski definition) is 7. The van der Waals surface area contributed by atoms with E-state index in [4.69, 9.17) is 0 Å². The summed E-state index contributed by atoms with van der Waals surface area (Å²) < 4.78 is 69.2. The summed E-state index contributed by atoms with van der Waals surface area (Å²) >= 11 is 0. The molecule has 0 saturated carbocycles. The number of anilines is 2. The van der Waals surface area contributed by atoms with Crippen LogP contribution in [0.15, 0.2) is 96.4 Å². The smallest absolute Gasteiger partial charge is 0.417 e. The minimum Gasteiger partial charge on any atom is -0.744 e. The van der Waals surface area contributed by atoms with Crippen molar-refractivity contribution in [3.63, 3.8) is 0 Å². The highest BCUT2D eigenvalue weighted by atomic mass is 32.2. The number of H-pyrrole nitrogens is 1. The van der Waals surface area contributed by atoms with E-state index in [0.29, 0.717) is 11.6 Å². The van der Waals surface area contributed by atoms with Gasteiger partial charge in [0.05, 0.1) is 21.5 Å². The predicted molar refractivity (Wildman–Crippen MR) is 143 cm³/mol. The molecule has 8 nitrogen and oxygen atoms in total. The second kappa shape index (κ2) is 11.8. The van der Waals surface area contributed by atoms with Crippen molar-refractivity contribution in [3.05, 3.63) is 103 Å². The maximum Gasteiger partial charge on any atom is 0.417 e. The molecule has 0 fully saturated rings.